The fourth-order valence-corrected chi connectivity index (χ4v) is 2.57. The Kier molecular flexibility index (Phi) is 4.04. The zero-order valence-corrected chi connectivity index (χ0v) is 11.7. The van der Waals surface area contributed by atoms with Gasteiger partial charge >= 0.3 is 0 Å². The Labute approximate surface area is 100 Å². The molecule has 0 aromatic rings. The van der Waals surface area contributed by atoms with Gasteiger partial charge in [0.1, 0.15) is 0 Å². The summed E-state index contributed by atoms with van der Waals surface area (Å²) in [6.07, 6.45) is 0.286. The smallest absolute Gasteiger partial charge is 0.0757 e. The van der Waals surface area contributed by atoms with Crippen LogP contribution in [-0.2, 0) is 4.74 Å². The van der Waals surface area contributed by atoms with Crippen LogP contribution in [0.2, 0.25) is 0 Å². The molecule has 1 aliphatic heterocycles. The van der Waals surface area contributed by atoms with Crippen molar-refractivity contribution in [2.75, 3.05) is 19.6 Å². The van der Waals surface area contributed by atoms with Crippen molar-refractivity contribution >= 4 is 0 Å². The Morgan fingerprint density at radius 2 is 2.06 bits per heavy atom. The van der Waals surface area contributed by atoms with E-state index in [-0.39, 0.29) is 17.2 Å². The molecule has 0 radical (unpaired) electrons. The molecule has 3 nitrogen and oxygen atoms in total. The molecule has 0 amide bonds. The zero-order chi connectivity index (χ0) is 12.6. The third kappa shape index (κ3) is 2.76. The molecule has 1 saturated heterocycles. The fraction of sp³-hybridized carbons (Fsp3) is 1.00. The Hall–Kier alpha value is -0.120. The second-order valence-corrected chi connectivity index (χ2v) is 6.28. The summed E-state index contributed by atoms with van der Waals surface area (Å²) in [6.45, 7) is 15.9. The Balaban J connectivity index is 2.86. The molecule has 2 atom stereocenters. The number of nitrogens with two attached hydrogens (primary N) is 1. The van der Waals surface area contributed by atoms with Crippen molar-refractivity contribution in [3.05, 3.63) is 0 Å². The molecule has 0 aliphatic carbocycles. The van der Waals surface area contributed by atoms with Gasteiger partial charge in [-0.1, -0.05) is 13.8 Å². The van der Waals surface area contributed by atoms with Crippen LogP contribution in [0, 0.1) is 5.92 Å². The first-order chi connectivity index (χ1) is 7.21. The van der Waals surface area contributed by atoms with Crippen molar-refractivity contribution in [2.24, 2.45) is 11.7 Å². The SMILES string of the molecule is CC1CN(C(C)(CN)C(C)C)CC(C)(C)O1. The minimum absolute atomic E-state index is 0.0665. The summed E-state index contributed by atoms with van der Waals surface area (Å²) in [5, 5.41) is 0. The van der Waals surface area contributed by atoms with Crippen molar-refractivity contribution in [1.29, 1.82) is 0 Å². The number of nitrogens with zero attached hydrogens (tertiary/aromatic N) is 1. The fourth-order valence-electron chi connectivity index (χ4n) is 2.57. The molecule has 1 aliphatic rings. The van der Waals surface area contributed by atoms with Gasteiger partial charge in [0.2, 0.25) is 0 Å². The van der Waals surface area contributed by atoms with Gasteiger partial charge < -0.3 is 10.5 Å². The highest BCUT2D eigenvalue weighted by molar-refractivity contribution is 4.96. The molecule has 0 aromatic carbocycles. The molecular weight excluding hydrogens is 200 g/mol. The highest BCUT2D eigenvalue weighted by atomic mass is 16.5. The number of ether oxygens (including phenoxy) is 1. The van der Waals surface area contributed by atoms with E-state index in [0.717, 1.165) is 13.1 Å². The van der Waals surface area contributed by atoms with Crippen LogP contribution in [0.5, 0.6) is 0 Å². The predicted octanol–water partition coefficient (Wildman–Crippen LogP) is 1.86. The average Bonchev–Trinajstić information content (AvgIpc) is 2.12. The minimum Gasteiger partial charge on any atom is -0.370 e. The molecular formula is C13H28N2O. The zero-order valence-electron chi connectivity index (χ0n) is 11.7. The molecule has 2 N–H and O–H groups in total. The Morgan fingerprint density at radius 1 is 1.50 bits per heavy atom. The summed E-state index contributed by atoms with van der Waals surface area (Å²) in [5.74, 6) is 0.554. The molecule has 0 saturated carbocycles. The van der Waals surface area contributed by atoms with Gasteiger partial charge in [0.25, 0.3) is 0 Å². The molecule has 1 rings (SSSR count). The first-order valence-corrected chi connectivity index (χ1v) is 6.34. The maximum atomic E-state index is 5.99. The summed E-state index contributed by atoms with van der Waals surface area (Å²) < 4.78 is 5.94. The average molecular weight is 228 g/mol. The van der Waals surface area contributed by atoms with E-state index in [1.165, 1.54) is 0 Å². The van der Waals surface area contributed by atoms with E-state index < -0.39 is 0 Å². The van der Waals surface area contributed by atoms with E-state index >= 15 is 0 Å². The Bertz CT molecular complexity index is 240. The lowest BCUT2D eigenvalue weighted by atomic mass is 9.84. The summed E-state index contributed by atoms with van der Waals surface area (Å²) >= 11 is 0. The topological polar surface area (TPSA) is 38.5 Å². The monoisotopic (exact) mass is 228 g/mol. The lowest BCUT2D eigenvalue weighted by molar-refractivity contribution is -0.156. The number of rotatable bonds is 3. The number of morpholine rings is 1. The van der Waals surface area contributed by atoms with E-state index in [4.69, 9.17) is 10.5 Å². The van der Waals surface area contributed by atoms with Crippen LogP contribution in [0.3, 0.4) is 0 Å². The molecule has 0 spiro atoms. The quantitative estimate of drug-likeness (QED) is 0.801. The second-order valence-electron chi connectivity index (χ2n) is 6.28. The molecule has 2 unspecified atom stereocenters. The van der Waals surface area contributed by atoms with E-state index in [2.05, 4.69) is 46.4 Å². The lowest BCUT2D eigenvalue weighted by Gasteiger charge is -2.51. The van der Waals surface area contributed by atoms with Gasteiger partial charge in [-0.2, -0.15) is 0 Å². The van der Waals surface area contributed by atoms with Crippen LogP contribution >= 0.6 is 0 Å². The van der Waals surface area contributed by atoms with Crippen LogP contribution in [0.25, 0.3) is 0 Å². The van der Waals surface area contributed by atoms with Gasteiger partial charge in [-0.05, 0) is 33.6 Å². The maximum Gasteiger partial charge on any atom is 0.0757 e. The molecule has 0 aromatic heterocycles. The molecule has 16 heavy (non-hydrogen) atoms. The predicted molar refractivity (Wildman–Crippen MR) is 68.5 cm³/mol. The number of hydrogen-bond donors (Lipinski definition) is 1. The molecule has 3 heteroatoms. The van der Waals surface area contributed by atoms with E-state index in [0.29, 0.717) is 12.5 Å². The molecule has 1 fully saturated rings. The standard InChI is InChI=1S/C13H28N2O/c1-10(2)13(6,8-14)15-7-11(3)16-12(4,5)9-15/h10-11H,7-9,14H2,1-6H3. The van der Waals surface area contributed by atoms with Crippen LogP contribution in [0.1, 0.15) is 41.5 Å². The van der Waals surface area contributed by atoms with Crippen molar-refractivity contribution in [1.82, 2.24) is 4.90 Å². The van der Waals surface area contributed by atoms with Crippen LogP contribution in [0.4, 0.5) is 0 Å². The highest BCUT2D eigenvalue weighted by Gasteiger charge is 2.41. The summed E-state index contributed by atoms with van der Waals surface area (Å²) in [6, 6.07) is 0. The van der Waals surface area contributed by atoms with Crippen LogP contribution < -0.4 is 5.73 Å². The van der Waals surface area contributed by atoms with Crippen molar-refractivity contribution < 1.29 is 4.74 Å². The van der Waals surface area contributed by atoms with Gasteiger partial charge in [0.05, 0.1) is 11.7 Å². The van der Waals surface area contributed by atoms with E-state index in [9.17, 15) is 0 Å². The summed E-state index contributed by atoms with van der Waals surface area (Å²) in [4.78, 5) is 2.51. The van der Waals surface area contributed by atoms with Crippen molar-refractivity contribution in [3.8, 4) is 0 Å². The van der Waals surface area contributed by atoms with Crippen LogP contribution in [-0.4, -0.2) is 41.8 Å². The summed E-state index contributed by atoms with van der Waals surface area (Å²) in [7, 11) is 0. The molecule has 0 bridgehead atoms. The van der Waals surface area contributed by atoms with Gasteiger partial charge in [-0.3, -0.25) is 4.90 Å². The number of hydrogen-bond acceptors (Lipinski definition) is 3. The van der Waals surface area contributed by atoms with E-state index in [1.54, 1.807) is 0 Å². The largest absolute Gasteiger partial charge is 0.370 e. The highest BCUT2D eigenvalue weighted by Crippen LogP contribution is 2.30. The van der Waals surface area contributed by atoms with Gasteiger partial charge in [-0.15, -0.1) is 0 Å². The normalized spacial score (nSPS) is 30.4. The molecule has 96 valence electrons. The third-order valence-electron chi connectivity index (χ3n) is 3.95. The minimum atomic E-state index is -0.0665. The first kappa shape index (κ1) is 13.9. The van der Waals surface area contributed by atoms with E-state index in [1.807, 2.05) is 0 Å². The third-order valence-corrected chi connectivity index (χ3v) is 3.95. The van der Waals surface area contributed by atoms with Gasteiger partial charge in [0, 0.05) is 25.2 Å². The second kappa shape index (κ2) is 4.63. The maximum absolute atomic E-state index is 5.99. The molecule has 1 heterocycles. The van der Waals surface area contributed by atoms with Gasteiger partial charge in [-0.25, -0.2) is 0 Å². The lowest BCUT2D eigenvalue weighted by Crippen LogP contribution is -2.64. The van der Waals surface area contributed by atoms with Crippen molar-refractivity contribution in [2.45, 2.75) is 58.8 Å². The Morgan fingerprint density at radius 3 is 2.44 bits per heavy atom. The first-order valence-electron chi connectivity index (χ1n) is 6.34. The van der Waals surface area contributed by atoms with Crippen molar-refractivity contribution in [3.63, 3.8) is 0 Å². The van der Waals surface area contributed by atoms with Crippen LogP contribution in [0.15, 0.2) is 0 Å². The summed E-state index contributed by atoms with van der Waals surface area (Å²) in [5.41, 5.74) is 6.00. The van der Waals surface area contributed by atoms with Gasteiger partial charge in [0.15, 0.2) is 0 Å².